The third-order valence-corrected chi connectivity index (χ3v) is 5.31. The van der Waals surface area contributed by atoms with Crippen LogP contribution in [0.15, 0.2) is 48.0 Å². The van der Waals surface area contributed by atoms with Gasteiger partial charge in [-0.3, -0.25) is 25.4 Å². The highest BCUT2D eigenvalue weighted by atomic mass is 35.5. The lowest BCUT2D eigenvalue weighted by Crippen LogP contribution is -2.41. The molecule has 4 N–H and O–H groups in total. The van der Waals surface area contributed by atoms with E-state index in [1.165, 1.54) is 30.3 Å². The van der Waals surface area contributed by atoms with Crippen LogP contribution in [-0.4, -0.2) is 22.3 Å². The Morgan fingerprint density at radius 1 is 1.06 bits per heavy atom. The van der Waals surface area contributed by atoms with Gasteiger partial charge in [0.15, 0.2) is 0 Å². The van der Waals surface area contributed by atoms with Gasteiger partial charge in [0.05, 0.1) is 16.3 Å². The van der Waals surface area contributed by atoms with Crippen LogP contribution in [0.5, 0.6) is 5.75 Å². The summed E-state index contributed by atoms with van der Waals surface area (Å²) in [6.45, 7) is -0.259. The Balaban J connectivity index is 0.00000363. The zero-order valence-corrected chi connectivity index (χ0v) is 18.1. The highest BCUT2D eigenvalue weighted by molar-refractivity contribution is 7.12. The zero-order valence-electron chi connectivity index (χ0n) is 15.8. The summed E-state index contributed by atoms with van der Waals surface area (Å²) in [4.78, 5) is 28.2. The van der Waals surface area contributed by atoms with Crippen LogP contribution in [0.2, 0.25) is 10.0 Å². The molecule has 0 saturated heterocycles. The molecule has 2 amide bonds. The van der Waals surface area contributed by atoms with Gasteiger partial charge in [-0.2, -0.15) is 13.2 Å². The van der Waals surface area contributed by atoms with Crippen LogP contribution < -0.4 is 15.6 Å². The van der Waals surface area contributed by atoms with E-state index in [0.29, 0.717) is 11.2 Å². The number of alkyl halides is 3. The largest absolute Gasteiger partial charge is 0.486 e. The minimum atomic E-state index is -4.56. The number of thiophene rings is 1. The van der Waals surface area contributed by atoms with E-state index in [2.05, 4.69) is 15.8 Å². The molecule has 0 radical (unpaired) electrons. The predicted molar refractivity (Wildman–Crippen MR) is 113 cm³/mol. The quantitative estimate of drug-likeness (QED) is 0.501. The van der Waals surface area contributed by atoms with E-state index in [1.807, 2.05) is 0 Å². The summed E-state index contributed by atoms with van der Waals surface area (Å²) >= 11 is 12.7. The molecular weight excluding hydrogens is 494 g/mol. The maximum Gasteiger partial charge on any atom is 0.417 e. The Kier molecular flexibility index (Phi) is 8.44. The summed E-state index contributed by atoms with van der Waals surface area (Å²) in [7, 11) is 0. The summed E-state index contributed by atoms with van der Waals surface area (Å²) < 4.78 is 43.6. The van der Waals surface area contributed by atoms with Crippen molar-refractivity contribution in [3.8, 4) is 5.75 Å². The van der Waals surface area contributed by atoms with Gasteiger partial charge in [0, 0.05) is 16.8 Å². The van der Waals surface area contributed by atoms with Gasteiger partial charge < -0.3 is 10.2 Å². The molecule has 0 spiro atoms. The van der Waals surface area contributed by atoms with E-state index in [9.17, 15) is 22.8 Å². The van der Waals surface area contributed by atoms with E-state index in [-0.39, 0.29) is 39.0 Å². The minimum Gasteiger partial charge on any atom is -0.486 e. The van der Waals surface area contributed by atoms with Gasteiger partial charge in [0.25, 0.3) is 11.8 Å². The van der Waals surface area contributed by atoms with Crippen molar-refractivity contribution >= 4 is 46.4 Å². The molecule has 0 bridgehead atoms. The number of aromatic nitrogens is 1. The van der Waals surface area contributed by atoms with Crippen molar-refractivity contribution in [2.45, 2.75) is 12.8 Å². The Morgan fingerprint density at radius 2 is 1.72 bits per heavy atom. The van der Waals surface area contributed by atoms with Gasteiger partial charge in [-0.25, -0.2) is 0 Å². The molecule has 0 saturated carbocycles. The molecule has 0 aliphatic carbocycles. The van der Waals surface area contributed by atoms with Gasteiger partial charge in [-0.05, 0) is 41.8 Å². The smallest absolute Gasteiger partial charge is 0.417 e. The molecule has 13 heteroatoms. The summed E-state index contributed by atoms with van der Waals surface area (Å²) in [6, 6.07) is 8.29. The van der Waals surface area contributed by atoms with Crippen molar-refractivity contribution < 1.29 is 33.0 Å². The van der Waals surface area contributed by atoms with Crippen LogP contribution in [0.1, 0.15) is 31.3 Å². The fraction of sp³-hybridized carbons (Fsp3) is 0.105. The molecule has 0 unspecified atom stereocenters. The Hall–Kier alpha value is -2.86. The fourth-order valence-electron chi connectivity index (χ4n) is 2.29. The van der Waals surface area contributed by atoms with Crippen molar-refractivity contribution in [2.24, 2.45) is 0 Å². The monoisotopic (exact) mass is 507 g/mol. The van der Waals surface area contributed by atoms with Crippen molar-refractivity contribution in [2.75, 3.05) is 0 Å². The third-order valence-electron chi connectivity index (χ3n) is 3.84. The molecule has 0 aliphatic rings. The van der Waals surface area contributed by atoms with Gasteiger partial charge >= 0.3 is 6.18 Å². The van der Waals surface area contributed by atoms with Crippen molar-refractivity contribution in [1.82, 2.24) is 15.8 Å². The predicted octanol–water partition coefficient (Wildman–Crippen LogP) is 4.30. The molecular formula is C19H14Cl2F3N3O4S. The zero-order chi connectivity index (χ0) is 22.6. The Labute approximate surface area is 193 Å². The average Bonchev–Trinajstić information content (AvgIpc) is 3.19. The Morgan fingerprint density at radius 3 is 2.34 bits per heavy atom. The number of benzene rings is 1. The molecule has 0 atom stereocenters. The second-order valence-electron chi connectivity index (χ2n) is 5.97. The van der Waals surface area contributed by atoms with E-state index < -0.39 is 23.6 Å². The van der Waals surface area contributed by atoms with Crippen LogP contribution in [0, 0.1) is 0 Å². The maximum atomic E-state index is 12.7. The number of hydrazine groups is 1. The van der Waals surface area contributed by atoms with Crippen LogP contribution >= 0.6 is 34.5 Å². The lowest BCUT2D eigenvalue weighted by molar-refractivity contribution is -0.137. The molecule has 0 aliphatic heterocycles. The number of pyridine rings is 1. The summed E-state index contributed by atoms with van der Waals surface area (Å²) in [5, 5.41) is 1.82. The number of ether oxygens (including phenoxy) is 1. The van der Waals surface area contributed by atoms with Crippen LogP contribution in [0.3, 0.4) is 0 Å². The summed E-state index contributed by atoms with van der Waals surface area (Å²) in [5.41, 5.74) is 3.91. The lowest BCUT2D eigenvalue weighted by atomic mass is 10.2. The molecule has 2 heterocycles. The first-order valence-electron chi connectivity index (χ1n) is 8.43. The second-order valence-corrected chi connectivity index (χ2v) is 7.73. The molecule has 7 nitrogen and oxygen atoms in total. The van der Waals surface area contributed by atoms with Crippen LogP contribution in [0.4, 0.5) is 13.2 Å². The van der Waals surface area contributed by atoms with Gasteiger partial charge in [0.2, 0.25) is 0 Å². The molecule has 2 aromatic heterocycles. The first kappa shape index (κ1) is 25.4. The SMILES string of the molecule is O.O=C(NNC(=O)c1sccc1OCc1ncc(C(F)(F)F)cc1Cl)c1ccc(Cl)cc1. The highest BCUT2D eigenvalue weighted by Gasteiger charge is 2.31. The van der Waals surface area contributed by atoms with E-state index >= 15 is 0 Å². The molecule has 1 aromatic carbocycles. The Bertz CT molecular complexity index is 1110. The summed E-state index contributed by atoms with van der Waals surface area (Å²) in [6.07, 6.45) is -3.91. The van der Waals surface area contributed by atoms with Crippen molar-refractivity contribution in [3.05, 3.63) is 79.7 Å². The number of halogens is 5. The standard InChI is InChI=1S/C19H12Cl2F3N3O3S.H2O/c20-12-3-1-10(2-4-12)17(28)26-27-18(29)16-15(5-6-31-16)30-9-14-13(21)7-11(8-25-14)19(22,23)24;/h1-8H,9H2,(H,26,28)(H,27,29);1H2. The van der Waals surface area contributed by atoms with Crippen molar-refractivity contribution in [3.63, 3.8) is 0 Å². The van der Waals surface area contributed by atoms with E-state index in [0.717, 1.165) is 17.4 Å². The molecule has 0 fully saturated rings. The van der Waals surface area contributed by atoms with Gasteiger partial charge in [0.1, 0.15) is 17.2 Å². The van der Waals surface area contributed by atoms with Crippen LogP contribution in [-0.2, 0) is 12.8 Å². The van der Waals surface area contributed by atoms with E-state index in [4.69, 9.17) is 27.9 Å². The third kappa shape index (κ3) is 6.33. The molecule has 32 heavy (non-hydrogen) atoms. The number of carbonyl (C=O) groups is 2. The van der Waals surface area contributed by atoms with Crippen LogP contribution in [0.25, 0.3) is 0 Å². The topological polar surface area (TPSA) is 112 Å². The number of hydrogen-bond acceptors (Lipinski definition) is 5. The minimum absolute atomic E-state index is 0. The number of hydrogen-bond donors (Lipinski definition) is 2. The highest BCUT2D eigenvalue weighted by Crippen LogP contribution is 2.32. The second kappa shape index (κ2) is 10.6. The first-order chi connectivity index (χ1) is 14.6. The lowest BCUT2D eigenvalue weighted by Gasteiger charge is -2.11. The summed E-state index contributed by atoms with van der Waals surface area (Å²) in [5.74, 6) is -1.04. The molecule has 3 rings (SSSR count). The molecule has 170 valence electrons. The normalized spacial score (nSPS) is 10.8. The average molecular weight is 508 g/mol. The fourth-order valence-corrected chi connectivity index (χ4v) is 3.37. The number of nitrogens with zero attached hydrogens (tertiary/aromatic N) is 1. The van der Waals surface area contributed by atoms with Gasteiger partial charge in [-0.15, -0.1) is 11.3 Å². The number of carbonyl (C=O) groups excluding carboxylic acids is 2. The number of rotatable bonds is 5. The maximum absolute atomic E-state index is 12.7. The van der Waals surface area contributed by atoms with E-state index in [1.54, 1.807) is 5.38 Å². The number of amides is 2. The first-order valence-corrected chi connectivity index (χ1v) is 10.1. The molecule has 3 aromatic rings. The number of nitrogens with one attached hydrogen (secondary N) is 2. The van der Waals surface area contributed by atoms with Crippen molar-refractivity contribution in [1.29, 1.82) is 0 Å². The van der Waals surface area contributed by atoms with Gasteiger partial charge in [-0.1, -0.05) is 23.2 Å².